The summed E-state index contributed by atoms with van der Waals surface area (Å²) in [5.74, 6) is -0.138. The van der Waals surface area contributed by atoms with E-state index in [-0.39, 0.29) is 12.5 Å². The number of aliphatic hydroxyl groups excluding tert-OH is 1. The molecule has 0 radical (unpaired) electrons. The Bertz CT molecular complexity index is 327. The van der Waals surface area contributed by atoms with Crippen LogP contribution in [0.1, 0.15) is 26.2 Å². The van der Waals surface area contributed by atoms with Gasteiger partial charge in [-0.15, -0.1) is 23.5 Å². The Kier molecular flexibility index (Phi) is 11.4. The maximum absolute atomic E-state index is 12.1. The van der Waals surface area contributed by atoms with Crippen molar-refractivity contribution in [1.82, 2.24) is 10.6 Å². The predicted molar refractivity (Wildman–Crippen MR) is 89.4 cm³/mol. The molecule has 110 valence electrons. The summed E-state index contributed by atoms with van der Waals surface area (Å²) in [6, 6.07) is 0. The minimum absolute atomic E-state index is 0.138. The lowest BCUT2D eigenvalue weighted by atomic mass is 10.2. The summed E-state index contributed by atoms with van der Waals surface area (Å²) >= 11 is 8.21. The number of unbranched alkanes of at least 4 members (excludes halogenated alkanes) is 1. The van der Waals surface area contributed by atoms with Gasteiger partial charge in [-0.05, 0) is 44.0 Å². The minimum Gasteiger partial charge on any atom is -0.396 e. The molecule has 0 unspecified atom stereocenters. The van der Waals surface area contributed by atoms with Gasteiger partial charge in [-0.2, -0.15) is 0 Å². The second kappa shape index (κ2) is 11.6. The van der Waals surface area contributed by atoms with Crippen LogP contribution in [0.15, 0.2) is 9.81 Å². The molecule has 4 nitrogen and oxygen atoms in total. The number of aliphatic hydroxyl groups is 1. The number of hydrogen-bond acceptors (Lipinski definition) is 5. The molecule has 0 rings (SSSR count). The van der Waals surface area contributed by atoms with Crippen LogP contribution in [0, 0.1) is 0 Å². The van der Waals surface area contributed by atoms with E-state index in [1.165, 1.54) is 0 Å². The van der Waals surface area contributed by atoms with Gasteiger partial charge in [0.05, 0.1) is 0 Å². The van der Waals surface area contributed by atoms with Crippen LogP contribution in [0.2, 0.25) is 0 Å². The number of thiocarbonyl (C=S) groups is 1. The number of nitrogens with one attached hydrogen (secondary N) is 2. The van der Waals surface area contributed by atoms with E-state index in [1.54, 1.807) is 23.5 Å². The predicted octanol–water partition coefficient (Wildman–Crippen LogP) is 2.10. The molecule has 0 bridgehead atoms. The van der Waals surface area contributed by atoms with Crippen LogP contribution in [0.4, 0.5) is 0 Å². The lowest BCUT2D eigenvalue weighted by Gasteiger charge is -2.12. The Labute approximate surface area is 129 Å². The van der Waals surface area contributed by atoms with E-state index in [0.29, 0.717) is 18.1 Å². The van der Waals surface area contributed by atoms with Gasteiger partial charge in [0.2, 0.25) is 0 Å². The molecular formula is C12H22N2O2S3. The highest BCUT2D eigenvalue weighted by Gasteiger charge is 2.14. The monoisotopic (exact) mass is 322 g/mol. The van der Waals surface area contributed by atoms with E-state index in [2.05, 4.69) is 10.6 Å². The van der Waals surface area contributed by atoms with Crippen molar-refractivity contribution in [3.05, 3.63) is 9.81 Å². The van der Waals surface area contributed by atoms with Crippen molar-refractivity contribution in [1.29, 1.82) is 0 Å². The summed E-state index contributed by atoms with van der Waals surface area (Å²) in [6.45, 7) is 2.79. The van der Waals surface area contributed by atoms with Crippen molar-refractivity contribution in [2.24, 2.45) is 0 Å². The third-order valence-corrected chi connectivity index (χ3v) is 4.82. The molecule has 3 N–H and O–H groups in total. The topological polar surface area (TPSA) is 61.4 Å². The Balaban J connectivity index is 4.34. The highest BCUT2D eigenvalue weighted by Crippen LogP contribution is 2.28. The number of carbonyl (C=O) groups excluding carboxylic acids is 1. The normalized spacial score (nSPS) is 9.89. The van der Waals surface area contributed by atoms with Crippen molar-refractivity contribution < 1.29 is 9.90 Å². The van der Waals surface area contributed by atoms with E-state index in [9.17, 15) is 4.79 Å². The summed E-state index contributed by atoms with van der Waals surface area (Å²) in [7, 11) is 0. The third-order valence-electron chi connectivity index (χ3n) is 2.34. The maximum Gasteiger partial charge on any atom is 0.254 e. The number of carbonyl (C=O) groups is 1. The summed E-state index contributed by atoms with van der Waals surface area (Å²) in [6.07, 6.45) is 6.15. The minimum atomic E-state index is -0.138. The van der Waals surface area contributed by atoms with Gasteiger partial charge >= 0.3 is 0 Å². The van der Waals surface area contributed by atoms with E-state index < -0.39 is 0 Å². The second-order valence-electron chi connectivity index (χ2n) is 3.67. The average Bonchev–Trinajstić information content (AvgIpc) is 2.40. The highest BCUT2D eigenvalue weighted by molar-refractivity contribution is 8.21. The lowest BCUT2D eigenvalue weighted by Crippen LogP contribution is -2.40. The van der Waals surface area contributed by atoms with E-state index in [1.807, 2.05) is 19.4 Å². The summed E-state index contributed by atoms with van der Waals surface area (Å²) < 4.78 is 1.02. The van der Waals surface area contributed by atoms with E-state index in [4.69, 9.17) is 17.3 Å². The first-order valence-corrected chi connectivity index (χ1v) is 8.97. The zero-order valence-corrected chi connectivity index (χ0v) is 14.1. The van der Waals surface area contributed by atoms with Crippen LogP contribution in [-0.4, -0.2) is 41.8 Å². The Morgan fingerprint density at radius 2 is 1.89 bits per heavy atom. The van der Waals surface area contributed by atoms with Crippen molar-refractivity contribution in [2.45, 2.75) is 26.2 Å². The quantitative estimate of drug-likeness (QED) is 0.361. The zero-order valence-electron chi connectivity index (χ0n) is 11.6. The SMILES string of the molecule is CCC(C(=O)NC(=S)NCCCCO)=C(SC)SC. The van der Waals surface area contributed by atoms with Crippen LogP contribution in [-0.2, 0) is 4.79 Å². The molecule has 0 saturated carbocycles. The maximum atomic E-state index is 12.1. The van der Waals surface area contributed by atoms with Gasteiger partial charge in [-0.3, -0.25) is 10.1 Å². The number of rotatable bonds is 8. The molecule has 0 aliphatic rings. The van der Waals surface area contributed by atoms with Crippen molar-refractivity contribution in [3.8, 4) is 0 Å². The molecule has 0 aromatic heterocycles. The molecule has 0 heterocycles. The van der Waals surface area contributed by atoms with Gasteiger partial charge in [0.25, 0.3) is 5.91 Å². The molecule has 0 fully saturated rings. The molecule has 0 aromatic carbocycles. The molecule has 0 atom stereocenters. The molecule has 7 heteroatoms. The molecule has 0 saturated heterocycles. The fourth-order valence-electron chi connectivity index (χ4n) is 1.39. The third kappa shape index (κ3) is 7.81. The Hall–Kier alpha value is -0.240. The van der Waals surface area contributed by atoms with Gasteiger partial charge in [-0.25, -0.2) is 0 Å². The number of thioether (sulfide) groups is 2. The standard InChI is InChI=1S/C12H22N2O2S3/c1-4-9(11(18-2)19-3)10(16)14-12(17)13-7-5-6-8-15/h15H,4-8H2,1-3H3,(H2,13,14,16,17). The van der Waals surface area contributed by atoms with Crippen LogP contribution < -0.4 is 10.6 Å². The molecule has 0 aliphatic carbocycles. The van der Waals surface area contributed by atoms with Crippen LogP contribution in [0.3, 0.4) is 0 Å². The number of hydrogen-bond donors (Lipinski definition) is 3. The Morgan fingerprint density at radius 3 is 2.37 bits per heavy atom. The molecule has 0 aliphatic heterocycles. The smallest absolute Gasteiger partial charge is 0.254 e. The summed E-state index contributed by atoms with van der Waals surface area (Å²) in [5, 5.41) is 14.6. The van der Waals surface area contributed by atoms with Gasteiger partial charge < -0.3 is 10.4 Å². The van der Waals surface area contributed by atoms with Gasteiger partial charge in [-0.1, -0.05) is 6.92 Å². The fraction of sp³-hybridized carbons (Fsp3) is 0.667. The molecule has 19 heavy (non-hydrogen) atoms. The summed E-state index contributed by atoms with van der Waals surface area (Å²) in [5.41, 5.74) is 0.763. The average molecular weight is 323 g/mol. The molecule has 0 aromatic rings. The number of amides is 1. The summed E-state index contributed by atoms with van der Waals surface area (Å²) in [4.78, 5) is 12.1. The first-order chi connectivity index (χ1) is 9.10. The first-order valence-electron chi connectivity index (χ1n) is 6.11. The zero-order chi connectivity index (χ0) is 14.7. The van der Waals surface area contributed by atoms with Crippen molar-refractivity contribution >= 4 is 46.8 Å². The molecule has 1 amide bonds. The van der Waals surface area contributed by atoms with E-state index in [0.717, 1.165) is 22.7 Å². The highest BCUT2D eigenvalue weighted by atomic mass is 32.2. The van der Waals surface area contributed by atoms with Crippen molar-refractivity contribution in [2.75, 3.05) is 25.7 Å². The van der Waals surface area contributed by atoms with Crippen LogP contribution in [0.25, 0.3) is 0 Å². The largest absolute Gasteiger partial charge is 0.396 e. The van der Waals surface area contributed by atoms with Gasteiger partial charge in [0.15, 0.2) is 5.11 Å². The Morgan fingerprint density at radius 1 is 1.26 bits per heavy atom. The van der Waals surface area contributed by atoms with Gasteiger partial charge in [0, 0.05) is 23.0 Å². The van der Waals surface area contributed by atoms with E-state index >= 15 is 0 Å². The van der Waals surface area contributed by atoms with Crippen molar-refractivity contribution in [3.63, 3.8) is 0 Å². The fourth-order valence-corrected chi connectivity index (χ4v) is 3.22. The molecule has 0 spiro atoms. The second-order valence-corrected chi connectivity index (χ2v) is 5.97. The molecular weight excluding hydrogens is 300 g/mol. The lowest BCUT2D eigenvalue weighted by molar-refractivity contribution is -0.116. The van der Waals surface area contributed by atoms with Crippen LogP contribution in [0.5, 0.6) is 0 Å². The van der Waals surface area contributed by atoms with Crippen LogP contribution >= 0.6 is 35.7 Å². The first kappa shape index (κ1) is 18.8. The van der Waals surface area contributed by atoms with Gasteiger partial charge in [0.1, 0.15) is 0 Å².